The molecule has 0 spiro atoms. The molecule has 0 bridgehead atoms. The molecule has 0 N–H and O–H groups in total. The molecule has 0 aliphatic carbocycles. The number of benzene rings is 1. The average molecular weight is 317 g/mol. The number of carbonyl (C=O) groups is 1. The Hall–Kier alpha value is -2.20. The maximum absolute atomic E-state index is 12.2. The minimum Gasteiger partial charge on any atom is -0.298 e. The first-order valence-corrected chi connectivity index (χ1v) is 7.22. The van der Waals surface area contributed by atoms with Crippen LogP contribution in [0.25, 0.3) is 12.2 Å². The first kappa shape index (κ1) is 16.2. The van der Waals surface area contributed by atoms with Gasteiger partial charge in [0, 0.05) is 11.1 Å². The summed E-state index contributed by atoms with van der Waals surface area (Å²) in [5.74, 6) is 0. The number of hydrogen-bond donors (Lipinski definition) is 0. The minimum absolute atomic E-state index is 0.144. The number of hydrogen-bond acceptors (Lipinski definition) is 3. The van der Waals surface area contributed by atoms with Crippen LogP contribution in [0.5, 0.6) is 0 Å². The van der Waals surface area contributed by atoms with E-state index in [2.05, 4.69) is 5.10 Å². The normalized spacial score (nSPS) is 11.8. The molecule has 1 aromatic carbocycles. The van der Waals surface area contributed by atoms with Gasteiger partial charge in [-0.2, -0.15) is 5.10 Å². The molecule has 4 nitrogen and oxygen atoms in total. The van der Waals surface area contributed by atoms with Crippen molar-refractivity contribution < 1.29 is 4.79 Å². The monoisotopic (exact) mass is 316 g/mol. The van der Waals surface area contributed by atoms with Crippen LogP contribution >= 0.6 is 11.6 Å². The predicted octanol–water partition coefficient (Wildman–Crippen LogP) is 3.63. The summed E-state index contributed by atoms with van der Waals surface area (Å²) in [4.78, 5) is 22.8. The molecular formula is C17H17ClN2O2. The SMILES string of the molecule is CC(C)(C)n1ncc(/C=C/c2ccc(C=O)cc2)c(Cl)c1=O. The molecule has 22 heavy (non-hydrogen) atoms. The van der Waals surface area contributed by atoms with E-state index in [1.54, 1.807) is 24.4 Å². The van der Waals surface area contributed by atoms with E-state index in [4.69, 9.17) is 11.6 Å². The summed E-state index contributed by atoms with van der Waals surface area (Å²) in [5, 5.41) is 4.32. The maximum Gasteiger partial charge on any atom is 0.286 e. The van der Waals surface area contributed by atoms with E-state index in [0.717, 1.165) is 11.8 Å². The highest BCUT2D eigenvalue weighted by atomic mass is 35.5. The zero-order chi connectivity index (χ0) is 16.3. The van der Waals surface area contributed by atoms with Gasteiger partial charge >= 0.3 is 0 Å². The molecule has 0 radical (unpaired) electrons. The van der Waals surface area contributed by atoms with Crippen molar-refractivity contribution in [2.75, 3.05) is 0 Å². The van der Waals surface area contributed by atoms with Crippen molar-refractivity contribution in [1.29, 1.82) is 0 Å². The van der Waals surface area contributed by atoms with Crippen LogP contribution in [-0.2, 0) is 5.54 Å². The van der Waals surface area contributed by atoms with Crippen LogP contribution < -0.4 is 5.56 Å². The maximum atomic E-state index is 12.2. The molecule has 2 aromatic rings. The Labute approximate surface area is 134 Å². The highest BCUT2D eigenvalue weighted by Crippen LogP contribution is 2.16. The van der Waals surface area contributed by atoms with E-state index in [1.165, 1.54) is 4.68 Å². The average Bonchev–Trinajstić information content (AvgIpc) is 2.48. The molecule has 0 saturated heterocycles. The van der Waals surface area contributed by atoms with E-state index in [0.29, 0.717) is 11.1 Å². The summed E-state index contributed by atoms with van der Waals surface area (Å²) in [6.07, 6.45) is 5.92. The van der Waals surface area contributed by atoms with Crippen molar-refractivity contribution >= 4 is 30.0 Å². The Morgan fingerprint density at radius 1 is 1.09 bits per heavy atom. The molecule has 0 aliphatic rings. The Kier molecular flexibility index (Phi) is 4.62. The van der Waals surface area contributed by atoms with Crippen LogP contribution in [0.15, 0.2) is 35.3 Å². The van der Waals surface area contributed by atoms with Crippen LogP contribution in [0.3, 0.4) is 0 Å². The predicted molar refractivity (Wildman–Crippen MR) is 89.3 cm³/mol. The van der Waals surface area contributed by atoms with Crippen molar-refractivity contribution in [3.05, 3.63) is 62.5 Å². The lowest BCUT2D eigenvalue weighted by atomic mass is 10.1. The van der Waals surface area contributed by atoms with E-state index < -0.39 is 5.54 Å². The molecule has 1 heterocycles. The fraction of sp³-hybridized carbons (Fsp3) is 0.235. The van der Waals surface area contributed by atoms with Gasteiger partial charge in [-0.05, 0) is 26.3 Å². The van der Waals surface area contributed by atoms with Crippen LogP contribution in [-0.4, -0.2) is 16.1 Å². The fourth-order valence-electron chi connectivity index (χ4n) is 1.91. The summed E-state index contributed by atoms with van der Waals surface area (Å²) in [6, 6.07) is 7.09. The molecule has 0 saturated carbocycles. The molecule has 2 rings (SSSR count). The number of rotatable bonds is 3. The largest absolute Gasteiger partial charge is 0.298 e. The lowest BCUT2D eigenvalue weighted by molar-refractivity contribution is 0.112. The van der Waals surface area contributed by atoms with Crippen molar-refractivity contribution in [3.8, 4) is 0 Å². The minimum atomic E-state index is -0.423. The van der Waals surface area contributed by atoms with Gasteiger partial charge in [0.05, 0.1) is 11.7 Å². The smallest absolute Gasteiger partial charge is 0.286 e. The van der Waals surface area contributed by atoms with E-state index >= 15 is 0 Å². The molecular weight excluding hydrogens is 300 g/mol. The molecule has 114 valence electrons. The van der Waals surface area contributed by atoms with Gasteiger partial charge in [-0.3, -0.25) is 9.59 Å². The highest BCUT2D eigenvalue weighted by molar-refractivity contribution is 6.31. The Bertz CT molecular complexity index is 769. The molecule has 0 fully saturated rings. The van der Waals surface area contributed by atoms with Crippen LogP contribution in [0.1, 0.15) is 42.3 Å². The molecule has 0 amide bonds. The van der Waals surface area contributed by atoms with Gasteiger partial charge in [0.1, 0.15) is 11.3 Å². The second-order valence-corrected chi connectivity index (χ2v) is 6.30. The van der Waals surface area contributed by atoms with Gasteiger partial charge < -0.3 is 0 Å². The van der Waals surface area contributed by atoms with Gasteiger partial charge in [0.2, 0.25) is 0 Å². The topological polar surface area (TPSA) is 52.0 Å². The van der Waals surface area contributed by atoms with Crippen molar-refractivity contribution in [2.45, 2.75) is 26.3 Å². The highest BCUT2D eigenvalue weighted by Gasteiger charge is 2.18. The van der Waals surface area contributed by atoms with E-state index in [9.17, 15) is 9.59 Å². The fourth-order valence-corrected chi connectivity index (χ4v) is 2.10. The summed E-state index contributed by atoms with van der Waals surface area (Å²) in [7, 11) is 0. The van der Waals surface area contributed by atoms with Crippen LogP contribution in [0.4, 0.5) is 0 Å². The first-order chi connectivity index (χ1) is 10.3. The lowest BCUT2D eigenvalue weighted by Gasteiger charge is -2.20. The zero-order valence-electron chi connectivity index (χ0n) is 12.7. The Morgan fingerprint density at radius 2 is 1.68 bits per heavy atom. The number of halogens is 1. The molecule has 0 atom stereocenters. The lowest BCUT2D eigenvalue weighted by Crippen LogP contribution is -2.36. The van der Waals surface area contributed by atoms with Crippen molar-refractivity contribution in [3.63, 3.8) is 0 Å². The quantitative estimate of drug-likeness (QED) is 0.812. The summed E-state index contributed by atoms with van der Waals surface area (Å²) < 4.78 is 1.37. The second-order valence-electron chi connectivity index (χ2n) is 5.92. The molecule has 0 aliphatic heterocycles. The second kappa shape index (κ2) is 6.28. The molecule has 5 heteroatoms. The summed E-state index contributed by atoms with van der Waals surface area (Å²) in [6.45, 7) is 5.67. The van der Waals surface area contributed by atoms with Gasteiger partial charge in [0.15, 0.2) is 0 Å². The number of carbonyl (C=O) groups excluding carboxylic acids is 1. The van der Waals surface area contributed by atoms with E-state index in [-0.39, 0.29) is 10.6 Å². The molecule has 0 unspecified atom stereocenters. The van der Waals surface area contributed by atoms with E-state index in [1.807, 2.05) is 39.0 Å². The van der Waals surface area contributed by atoms with Crippen molar-refractivity contribution in [2.24, 2.45) is 0 Å². The molecule has 1 aromatic heterocycles. The number of aldehydes is 1. The first-order valence-electron chi connectivity index (χ1n) is 6.84. The Morgan fingerprint density at radius 3 is 2.23 bits per heavy atom. The van der Waals surface area contributed by atoms with Gasteiger partial charge in [-0.1, -0.05) is 48.0 Å². The number of aromatic nitrogens is 2. The summed E-state index contributed by atoms with van der Waals surface area (Å²) >= 11 is 6.15. The third kappa shape index (κ3) is 3.52. The number of nitrogens with zero attached hydrogens (tertiary/aromatic N) is 2. The third-order valence-electron chi connectivity index (χ3n) is 3.11. The van der Waals surface area contributed by atoms with Crippen LogP contribution in [0, 0.1) is 0 Å². The van der Waals surface area contributed by atoms with Gasteiger partial charge in [0.25, 0.3) is 5.56 Å². The summed E-state index contributed by atoms with van der Waals surface area (Å²) in [5.41, 5.74) is 1.35. The van der Waals surface area contributed by atoms with Gasteiger partial charge in [-0.25, -0.2) is 4.68 Å². The van der Waals surface area contributed by atoms with Crippen molar-refractivity contribution in [1.82, 2.24) is 9.78 Å². The standard InChI is InChI=1S/C17H17ClN2O2/c1-17(2,3)20-16(22)15(18)14(10-19-20)9-8-12-4-6-13(11-21)7-5-12/h4-11H,1-3H3/b9-8+. The third-order valence-corrected chi connectivity index (χ3v) is 3.49. The van der Waals surface area contributed by atoms with Crippen LogP contribution in [0.2, 0.25) is 5.02 Å². The Balaban J connectivity index is 2.33. The van der Waals surface area contributed by atoms with Gasteiger partial charge in [-0.15, -0.1) is 0 Å². The zero-order valence-corrected chi connectivity index (χ0v) is 13.5.